The largest absolute Gasteiger partial charge is 0.256 e. The first-order valence-corrected chi connectivity index (χ1v) is 6.11. The van der Waals surface area contributed by atoms with Crippen molar-refractivity contribution in [2.75, 3.05) is 0 Å². The van der Waals surface area contributed by atoms with Crippen LogP contribution in [-0.2, 0) is 0 Å². The minimum atomic E-state index is 0.636. The fraction of sp³-hybridized carbons (Fsp3) is 0. The highest BCUT2D eigenvalue weighted by Gasteiger charge is 1.93. The monoisotopic (exact) mass is 299 g/mol. The standard InChI is InChI=1S/C9H6BrN3S2/c10-7-3-1-2-6(4-7)5-11-8-12-13-9(14)15-8/h1-5H,(H,13,14). The van der Waals surface area contributed by atoms with Gasteiger partial charge < -0.3 is 0 Å². The zero-order valence-corrected chi connectivity index (χ0v) is 10.7. The molecule has 0 aliphatic rings. The van der Waals surface area contributed by atoms with Gasteiger partial charge in [-0.25, -0.2) is 4.99 Å². The second kappa shape index (κ2) is 4.78. The number of halogens is 1. The molecule has 0 fully saturated rings. The summed E-state index contributed by atoms with van der Waals surface area (Å²) in [5.74, 6) is 0. The van der Waals surface area contributed by atoms with Crippen LogP contribution in [0, 0.1) is 3.95 Å². The third kappa shape index (κ3) is 3.05. The number of H-pyrrole nitrogens is 1. The van der Waals surface area contributed by atoms with Crippen LogP contribution >= 0.6 is 39.5 Å². The van der Waals surface area contributed by atoms with E-state index >= 15 is 0 Å². The molecule has 0 bridgehead atoms. The maximum atomic E-state index is 4.90. The van der Waals surface area contributed by atoms with Crippen molar-refractivity contribution in [1.29, 1.82) is 0 Å². The number of nitrogens with zero attached hydrogens (tertiary/aromatic N) is 2. The summed E-state index contributed by atoms with van der Waals surface area (Å²) < 4.78 is 1.66. The van der Waals surface area contributed by atoms with Gasteiger partial charge in [0, 0.05) is 10.7 Å². The Labute approximate surface area is 104 Å². The molecule has 1 heterocycles. The van der Waals surface area contributed by atoms with Gasteiger partial charge in [0.2, 0.25) is 5.13 Å². The summed E-state index contributed by atoms with van der Waals surface area (Å²) in [7, 11) is 0. The molecule has 0 saturated heterocycles. The summed E-state index contributed by atoms with van der Waals surface area (Å²) in [4.78, 5) is 4.20. The lowest BCUT2D eigenvalue weighted by Gasteiger charge is -1.92. The van der Waals surface area contributed by atoms with E-state index in [-0.39, 0.29) is 0 Å². The fourth-order valence-electron chi connectivity index (χ4n) is 0.994. The highest BCUT2D eigenvalue weighted by atomic mass is 79.9. The molecule has 0 unspecified atom stereocenters. The number of rotatable bonds is 2. The summed E-state index contributed by atoms with van der Waals surface area (Å²) in [6, 6.07) is 7.88. The van der Waals surface area contributed by atoms with E-state index in [9.17, 15) is 0 Å². The summed E-state index contributed by atoms with van der Waals surface area (Å²) in [6.07, 6.45) is 1.76. The van der Waals surface area contributed by atoms with Crippen LogP contribution in [0.5, 0.6) is 0 Å². The average Bonchev–Trinajstić information content (AvgIpc) is 2.62. The second-order valence-corrected chi connectivity index (χ2v) is 5.27. The van der Waals surface area contributed by atoms with E-state index in [0.717, 1.165) is 10.0 Å². The van der Waals surface area contributed by atoms with Gasteiger partial charge in [-0.05, 0) is 29.9 Å². The van der Waals surface area contributed by atoms with Crippen LogP contribution in [0.2, 0.25) is 0 Å². The predicted molar refractivity (Wildman–Crippen MR) is 68.7 cm³/mol. The summed E-state index contributed by atoms with van der Waals surface area (Å²) >= 11 is 9.65. The first kappa shape index (κ1) is 10.7. The fourth-order valence-corrected chi connectivity index (χ4v) is 2.13. The first-order valence-electron chi connectivity index (χ1n) is 4.09. The number of hydrogen-bond acceptors (Lipinski definition) is 4. The van der Waals surface area contributed by atoms with Gasteiger partial charge in [-0.2, -0.15) is 0 Å². The topological polar surface area (TPSA) is 41.0 Å². The zero-order valence-electron chi connectivity index (χ0n) is 7.48. The molecule has 0 radical (unpaired) electrons. The van der Waals surface area contributed by atoms with Gasteiger partial charge in [0.1, 0.15) is 0 Å². The highest BCUT2D eigenvalue weighted by Crippen LogP contribution is 2.15. The molecule has 0 saturated carbocycles. The molecule has 3 nitrogen and oxygen atoms in total. The lowest BCUT2D eigenvalue weighted by atomic mass is 10.2. The molecular weight excluding hydrogens is 294 g/mol. The van der Waals surface area contributed by atoms with E-state index in [4.69, 9.17) is 12.2 Å². The molecule has 0 amide bonds. The SMILES string of the molecule is S=c1[nH]nc(N=Cc2cccc(Br)c2)s1. The quantitative estimate of drug-likeness (QED) is 0.678. The molecule has 1 N–H and O–H groups in total. The van der Waals surface area contributed by atoms with Gasteiger partial charge in [0.15, 0.2) is 3.95 Å². The Bertz CT molecular complexity index is 544. The lowest BCUT2D eigenvalue weighted by Crippen LogP contribution is -1.79. The number of hydrogen-bond donors (Lipinski definition) is 1. The zero-order chi connectivity index (χ0) is 10.7. The van der Waals surface area contributed by atoms with E-state index in [1.54, 1.807) is 6.21 Å². The maximum Gasteiger partial charge on any atom is 0.230 e. The molecule has 2 rings (SSSR count). The predicted octanol–water partition coefficient (Wildman–Crippen LogP) is 3.71. The van der Waals surface area contributed by atoms with Gasteiger partial charge in [-0.15, -0.1) is 5.10 Å². The van der Waals surface area contributed by atoms with E-state index < -0.39 is 0 Å². The van der Waals surface area contributed by atoms with Gasteiger partial charge in [-0.3, -0.25) is 5.10 Å². The Kier molecular flexibility index (Phi) is 3.40. The normalized spacial score (nSPS) is 11.0. The van der Waals surface area contributed by atoms with Crippen LogP contribution in [0.4, 0.5) is 5.13 Å². The van der Waals surface area contributed by atoms with Crippen molar-refractivity contribution < 1.29 is 0 Å². The van der Waals surface area contributed by atoms with Crippen molar-refractivity contribution in [1.82, 2.24) is 10.2 Å². The second-order valence-electron chi connectivity index (χ2n) is 2.71. The smallest absolute Gasteiger partial charge is 0.230 e. The Morgan fingerprint density at radius 2 is 2.40 bits per heavy atom. The molecule has 1 aromatic carbocycles. The molecule has 6 heteroatoms. The first-order chi connectivity index (χ1) is 7.24. The summed E-state index contributed by atoms with van der Waals surface area (Å²) in [6.45, 7) is 0. The Morgan fingerprint density at radius 3 is 3.07 bits per heavy atom. The minimum absolute atomic E-state index is 0.636. The van der Waals surface area contributed by atoms with Crippen LogP contribution in [-0.4, -0.2) is 16.4 Å². The number of nitrogens with one attached hydrogen (secondary N) is 1. The number of aromatic amines is 1. The molecular formula is C9H6BrN3S2. The van der Waals surface area contributed by atoms with Crippen LogP contribution in [0.3, 0.4) is 0 Å². The maximum absolute atomic E-state index is 4.90. The minimum Gasteiger partial charge on any atom is -0.256 e. The summed E-state index contributed by atoms with van der Waals surface area (Å²) in [5.41, 5.74) is 1.02. The number of aliphatic imine (C=N–C) groups is 1. The molecule has 1 aromatic heterocycles. The Morgan fingerprint density at radius 1 is 1.53 bits per heavy atom. The van der Waals surface area contributed by atoms with Gasteiger partial charge in [0.05, 0.1) is 0 Å². The van der Waals surface area contributed by atoms with E-state index in [1.807, 2.05) is 24.3 Å². The van der Waals surface area contributed by atoms with Crippen molar-refractivity contribution in [2.24, 2.45) is 4.99 Å². The van der Waals surface area contributed by atoms with Crippen LogP contribution in [0.1, 0.15) is 5.56 Å². The van der Waals surface area contributed by atoms with Crippen LogP contribution in [0.25, 0.3) is 0 Å². The highest BCUT2D eigenvalue weighted by molar-refractivity contribution is 9.10. The molecule has 2 aromatic rings. The number of benzene rings is 1. The van der Waals surface area contributed by atoms with Crippen molar-refractivity contribution in [3.05, 3.63) is 38.3 Å². The third-order valence-corrected chi connectivity index (χ3v) is 3.09. The van der Waals surface area contributed by atoms with Gasteiger partial charge in [-0.1, -0.05) is 39.4 Å². The van der Waals surface area contributed by atoms with Crippen molar-refractivity contribution in [3.63, 3.8) is 0 Å². The van der Waals surface area contributed by atoms with Crippen LogP contribution in [0.15, 0.2) is 33.7 Å². The van der Waals surface area contributed by atoms with Crippen molar-refractivity contribution >= 4 is 50.8 Å². The molecule has 0 spiro atoms. The van der Waals surface area contributed by atoms with Gasteiger partial charge >= 0.3 is 0 Å². The summed E-state index contributed by atoms with van der Waals surface area (Å²) in [5, 5.41) is 7.25. The number of aromatic nitrogens is 2. The Balaban J connectivity index is 2.21. The molecule has 0 atom stereocenters. The van der Waals surface area contributed by atoms with E-state index in [0.29, 0.717) is 9.09 Å². The van der Waals surface area contributed by atoms with Gasteiger partial charge in [0.25, 0.3) is 0 Å². The molecule has 15 heavy (non-hydrogen) atoms. The van der Waals surface area contributed by atoms with E-state index in [1.165, 1.54) is 11.3 Å². The molecule has 0 aliphatic heterocycles. The average molecular weight is 300 g/mol. The molecule has 76 valence electrons. The van der Waals surface area contributed by atoms with Crippen molar-refractivity contribution in [3.8, 4) is 0 Å². The lowest BCUT2D eigenvalue weighted by molar-refractivity contribution is 1.07. The van der Waals surface area contributed by atoms with Crippen LogP contribution < -0.4 is 0 Å². The molecule has 0 aliphatic carbocycles. The van der Waals surface area contributed by atoms with E-state index in [2.05, 4.69) is 31.1 Å². The Hall–Kier alpha value is -0.850. The third-order valence-electron chi connectivity index (χ3n) is 1.60. The van der Waals surface area contributed by atoms with Crippen molar-refractivity contribution in [2.45, 2.75) is 0 Å².